The third-order valence-electron chi connectivity index (χ3n) is 3.17. The molecule has 11 heavy (non-hydrogen) atoms. The zero-order valence-corrected chi connectivity index (χ0v) is 7.00. The van der Waals surface area contributed by atoms with Crippen LogP contribution in [-0.2, 0) is 0 Å². The molecule has 1 fully saturated rings. The molecule has 0 aromatic rings. The zero-order valence-electron chi connectivity index (χ0n) is 7.00. The van der Waals surface area contributed by atoms with Crippen LogP contribution >= 0.6 is 0 Å². The van der Waals surface area contributed by atoms with E-state index < -0.39 is 0 Å². The number of rotatable bonds is 1. The highest BCUT2D eigenvalue weighted by Crippen LogP contribution is 2.38. The molecule has 3 aliphatic carbocycles. The largest absolute Gasteiger partial charge is 0.103 e. The van der Waals surface area contributed by atoms with E-state index in [0.29, 0.717) is 0 Å². The fourth-order valence-electron chi connectivity index (χ4n) is 2.46. The summed E-state index contributed by atoms with van der Waals surface area (Å²) in [6.07, 6.45) is 12.6. The van der Waals surface area contributed by atoms with Crippen LogP contribution in [0, 0.1) is 17.8 Å². The van der Waals surface area contributed by atoms with Crippen LogP contribution in [0.4, 0.5) is 0 Å². The summed E-state index contributed by atoms with van der Waals surface area (Å²) in [5, 5.41) is 0. The Bertz CT molecular complexity index is 178. The van der Waals surface area contributed by atoms with Crippen LogP contribution in [0.2, 0.25) is 0 Å². The molecule has 0 aliphatic heterocycles. The van der Waals surface area contributed by atoms with Crippen molar-refractivity contribution in [3.05, 3.63) is 24.8 Å². The number of allylic oxidation sites excluding steroid dienone is 3. The van der Waals surface area contributed by atoms with E-state index in [1.807, 2.05) is 0 Å². The van der Waals surface area contributed by atoms with Crippen LogP contribution in [0.15, 0.2) is 24.8 Å². The van der Waals surface area contributed by atoms with Gasteiger partial charge in [-0.25, -0.2) is 0 Å². The molecule has 0 amide bonds. The standard InChI is InChI=1S/C11H16/c1-2-10-8-9-4-3-5-11(10)7-6-9/h2,6-7,9-11H,1,3-5,8H2. The smallest absolute Gasteiger partial charge is 0.0168 e. The fraction of sp³-hybridized carbons (Fsp3) is 0.636. The molecule has 3 rings (SSSR count). The maximum absolute atomic E-state index is 3.91. The second-order valence-electron chi connectivity index (χ2n) is 3.87. The minimum absolute atomic E-state index is 0.785. The molecule has 3 aliphatic rings. The van der Waals surface area contributed by atoms with Crippen LogP contribution in [0.5, 0.6) is 0 Å². The van der Waals surface area contributed by atoms with Gasteiger partial charge in [-0.15, -0.1) is 6.58 Å². The van der Waals surface area contributed by atoms with E-state index in [2.05, 4.69) is 24.8 Å². The highest BCUT2D eigenvalue weighted by Gasteiger charge is 2.27. The Hall–Kier alpha value is -0.520. The van der Waals surface area contributed by atoms with E-state index in [1.165, 1.54) is 25.7 Å². The molecule has 0 saturated heterocycles. The van der Waals surface area contributed by atoms with Crippen LogP contribution in [0.1, 0.15) is 25.7 Å². The van der Waals surface area contributed by atoms with Crippen LogP contribution < -0.4 is 0 Å². The summed E-state index contributed by atoms with van der Waals surface area (Å²) in [6, 6.07) is 0. The van der Waals surface area contributed by atoms with Gasteiger partial charge in [0.05, 0.1) is 0 Å². The molecule has 0 heterocycles. The van der Waals surface area contributed by atoms with Gasteiger partial charge in [0.25, 0.3) is 0 Å². The first-order valence-electron chi connectivity index (χ1n) is 4.71. The van der Waals surface area contributed by atoms with Gasteiger partial charge in [-0.3, -0.25) is 0 Å². The quantitative estimate of drug-likeness (QED) is 0.501. The summed E-state index contributed by atoms with van der Waals surface area (Å²) in [5.41, 5.74) is 0. The molecule has 0 spiro atoms. The zero-order chi connectivity index (χ0) is 7.68. The molecular weight excluding hydrogens is 132 g/mol. The third-order valence-corrected chi connectivity index (χ3v) is 3.17. The van der Waals surface area contributed by atoms with Gasteiger partial charge >= 0.3 is 0 Å². The Morgan fingerprint density at radius 1 is 1.27 bits per heavy atom. The molecule has 0 aromatic heterocycles. The summed E-state index contributed by atoms with van der Waals surface area (Å²) >= 11 is 0. The highest BCUT2D eigenvalue weighted by atomic mass is 14.3. The van der Waals surface area contributed by atoms with Crippen molar-refractivity contribution in [1.82, 2.24) is 0 Å². The van der Waals surface area contributed by atoms with Crippen LogP contribution in [-0.4, -0.2) is 0 Å². The summed E-state index contributed by atoms with van der Waals surface area (Å²) in [5.74, 6) is 2.48. The Morgan fingerprint density at radius 3 is 3.00 bits per heavy atom. The first-order chi connectivity index (χ1) is 5.40. The first-order valence-corrected chi connectivity index (χ1v) is 4.71. The van der Waals surface area contributed by atoms with Gasteiger partial charge in [0.15, 0.2) is 0 Å². The maximum atomic E-state index is 3.91. The Morgan fingerprint density at radius 2 is 2.18 bits per heavy atom. The van der Waals surface area contributed by atoms with Crippen LogP contribution in [0.3, 0.4) is 0 Å². The lowest BCUT2D eigenvalue weighted by molar-refractivity contribution is 0.401. The average molecular weight is 148 g/mol. The second-order valence-corrected chi connectivity index (χ2v) is 3.87. The number of hydrogen-bond acceptors (Lipinski definition) is 0. The third kappa shape index (κ3) is 1.26. The number of fused-ring (bicyclic) bond motifs is 3. The van der Waals surface area contributed by atoms with Crippen molar-refractivity contribution < 1.29 is 0 Å². The van der Waals surface area contributed by atoms with E-state index >= 15 is 0 Å². The lowest BCUT2D eigenvalue weighted by atomic mass is 9.81. The van der Waals surface area contributed by atoms with Crippen molar-refractivity contribution in [1.29, 1.82) is 0 Å². The summed E-state index contributed by atoms with van der Waals surface area (Å²) in [4.78, 5) is 0. The van der Waals surface area contributed by atoms with Crippen molar-refractivity contribution in [3.63, 3.8) is 0 Å². The minimum atomic E-state index is 0.785. The molecule has 0 aromatic carbocycles. The van der Waals surface area contributed by atoms with E-state index in [4.69, 9.17) is 0 Å². The van der Waals surface area contributed by atoms with Gasteiger partial charge in [0.2, 0.25) is 0 Å². The van der Waals surface area contributed by atoms with Gasteiger partial charge < -0.3 is 0 Å². The van der Waals surface area contributed by atoms with E-state index in [9.17, 15) is 0 Å². The van der Waals surface area contributed by atoms with Gasteiger partial charge in [-0.2, -0.15) is 0 Å². The molecule has 0 N–H and O–H groups in total. The summed E-state index contributed by atoms with van der Waals surface area (Å²) < 4.78 is 0. The molecule has 0 heteroatoms. The van der Waals surface area contributed by atoms with E-state index in [1.54, 1.807) is 0 Å². The van der Waals surface area contributed by atoms with Crippen molar-refractivity contribution in [3.8, 4) is 0 Å². The second kappa shape index (κ2) is 2.84. The van der Waals surface area contributed by atoms with Gasteiger partial charge in [-0.1, -0.05) is 24.6 Å². The molecule has 2 bridgehead atoms. The van der Waals surface area contributed by atoms with E-state index in [0.717, 1.165) is 17.8 Å². The lowest BCUT2D eigenvalue weighted by Crippen LogP contribution is -2.14. The van der Waals surface area contributed by atoms with Crippen molar-refractivity contribution in [2.45, 2.75) is 25.7 Å². The van der Waals surface area contributed by atoms with Gasteiger partial charge in [0, 0.05) is 0 Å². The molecule has 3 atom stereocenters. The molecule has 60 valence electrons. The van der Waals surface area contributed by atoms with Gasteiger partial charge in [0.1, 0.15) is 0 Å². The Kier molecular flexibility index (Phi) is 1.85. The van der Waals surface area contributed by atoms with E-state index in [-0.39, 0.29) is 0 Å². The topological polar surface area (TPSA) is 0 Å². The van der Waals surface area contributed by atoms with Crippen molar-refractivity contribution in [2.24, 2.45) is 17.8 Å². The van der Waals surface area contributed by atoms with Crippen molar-refractivity contribution >= 4 is 0 Å². The molecule has 0 nitrogen and oxygen atoms in total. The summed E-state index contributed by atoms with van der Waals surface area (Å²) in [6.45, 7) is 3.91. The van der Waals surface area contributed by atoms with Gasteiger partial charge in [-0.05, 0) is 37.0 Å². The predicted molar refractivity (Wildman–Crippen MR) is 48.3 cm³/mol. The lowest BCUT2D eigenvalue weighted by Gasteiger charge is -2.24. The Labute approximate surface area is 69.0 Å². The SMILES string of the molecule is C=CC1CC2C=CC1CCC2. The minimum Gasteiger partial charge on any atom is -0.103 e. The van der Waals surface area contributed by atoms with Crippen molar-refractivity contribution in [2.75, 3.05) is 0 Å². The normalized spacial score (nSPS) is 42.0. The molecule has 0 radical (unpaired) electrons. The monoisotopic (exact) mass is 148 g/mol. The molecule has 1 saturated carbocycles. The summed E-state index contributed by atoms with van der Waals surface area (Å²) in [7, 11) is 0. The molecular formula is C11H16. The predicted octanol–water partition coefficient (Wildman–Crippen LogP) is 3.16. The maximum Gasteiger partial charge on any atom is -0.0168 e. The fourth-order valence-corrected chi connectivity index (χ4v) is 2.46. The highest BCUT2D eigenvalue weighted by molar-refractivity contribution is 5.07. The first kappa shape index (κ1) is 7.15. The average Bonchev–Trinajstić information content (AvgIpc) is 2.37. The molecule has 3 unspecified atom stereocenters. The number of hydrogen-bond donors (Lipinski definition) is 0. The van der Waals surface area contributed by atoms with Crippen LogP contribution in [0.25, 0.3) is 0 Å². The Balaban J connectivity index is 2.19.